The summed E-state index contributed by atoms with van der Waals surface area (Å²) in [5, 5.41) is 6.52. The lowest BCUT2D eigenvalue weighted by Crippen LogP contribution is -2.50. The lowest BCUT2D eigenvalue weighted by molar-refractivity contribution is -0.159. The average Bonchev–Trinajstić information content (AvgIpc) is 3.20. The van der Waals surface area contributed by atoms with Crippen LogP contribution in [0.25, 0.3) is 11.4 Å². The van der Waals surface area contributed by atoms with E-state index in [9.17, 15) is 18.0 Å². The number of rotatable bonds is 5. The number of alkyl halides is 3. The number of likely N-dealkylation sites (tertiary alicyclic amines) is 1. The lowest BCUT2D eigenvalue weighted by atomic mass is 9.84. The van der Waals surface area contributed by atoms with Crippen molar-refractivity contribution in [3.8, 4) is 11.4 Å². The fourth-order valence-corrected chi connectivity index (χ4v) is 4.12. The summed E-state index contributed by atoms with van der Waals surface area (Å²) in [7, 11) is 0. The van der Waals surface area contributed by atoms with Gasteiger partial charge in [-0.05, 0) is 49.8 Å². The van der Waals surface area contributed by atoms with E-state index in [-0.39, 0.29) is 17.3 Å². The second-order valence-electron chi connectivity index (χ2n) is 9.21. The first kappa shape index (κ1) is 20.8. The zero-order chi connectivity index (χ0) is 21.6. The number of nitrogens with zero attached hydrogens (tertiary/aromatic N) is 3. The smallest absolute Gasteiger partial charge is 0.345 e. The summed E-state index contributed by atoms with van der Waals surface area (Å²) in [5.74, 6) is -1.74. The molecule has 2 fully saturated rings. The molecule has 162 valence electrons. The Morgan fingerprint density at radius 2 is 1.90 bits per heavy atom. The first-order valence-electron chi connectivity index (χ1n) is 10.1. The van der Waals surface area contributed by atoms with Crippen molar-refractivity contribution in [1.82, 2.24) is 20.4 Å². The number of hydrogen-bond acceptors (Lipinski definition) is 5. The van der Waals surface area contributed by atoms with Crippen molar-refractivity contribution in [2.24, 2.45) is 5.41 Å². The van der Waals surface area contributed by atoms with E-state index in [4.69, 9.17) is 0 Å². The van der Waals surface area contributed by atoms with Crippen LogP contribution in [-0.2, 0) is 6.18 Å². The molecular weight excluding hydrogens is 397 g/mol. The van der Waals surface area contributed by atoms with Crippen LogP contribution in [0, 0.1) is 5.41 Å². The van der Waals surface area contributed by atoms with Gasteiger partial charge in [-0.3, -0.25) is 4.79 Å². The number of amides is 1. The van der Waals surface area contributed by atoms with Crippen molar-refractivity contribution in [2.45, 2.75) is 51.2 Å². The molecule has 1 aromatic carbocycles. The van der Waals surface area contributed by atoms with E-state index in [2.05, 4.69) is 38.7 Å². The van der Waals surface area contributed by atoms with Crippen LogP contribution >= 0.6 is 0 Å². The number of nitrogens with one attached hydrogen (secondary N) is 1. The predicted molar refractivity (Wildman–Crippen MR) is 104 cm³/mol. The third-order valence-electron chi connectivity index (χ3n) is 5.81. The van der Waals surface area contributed by atoms with Gasteiger partial charge in [0.2, 0.25) is 5.82 Å². The number of hydrogen-bond donors (Lipinski definition) is 1. The van der Waals surface area contributed by atoms with Gasteiger partial charge in [-0.1, -0.05) is 31.1 Å². The molecule has 0 radical (unpaired) electrons. The Labute approximate surface area is 172 Å². The van der Waals surface area contributed by atoms with Crippen molar-refractivity contribution < 1.29 is 22.5 Å². The van der Waals surface area contributed by atoms with E-state index in [1.54, 1.807) is 12.1 Å². The standard InChI is InChI=1S/C21H25F3N4O2/c1-19(2)8-3-11-28(12-19)13-20(9-10-20)26-17(29)15-6-4-14(5-7-15)16-25-18(30-27-16)21(22,23)24/h4-7H,3,8-13H2,1-2H3,(H,26,29). The number of piperidine rings is 1. The van der Waals surface area contributed by atoms with Gasteiger partial charge in [0.25, 0.3) is 5.91 Å². The van der Waals surface area contributed by atoms with Crippen LogP contribution in [0.2, 0.25) is 0 Å². The first-order valence-corrected chi connectivity index (χ1v) is 10.1. The van der Waals surface area contributed by atoms with Gasteiger partial charge in [0, 0.05) is 24.2 Å². The van der Waals surface area contributed by atoms with Crippen LogP contribution in [0.1, 0.15) is 55.8 Å². The molecule has 2 aliphatic rings. The maximum absolute atomic E-state index is 12.7. The van der Waals surface area contributed by atoms with Gasteiger partial charge in [-0.15, -0.1) is 0 Å². The topological polar surface area (TPSA) is 71.3 Å². The van der Waals surface area contributed by atoms with Gasteiger partial charge in [-0.25, -0.2) is 0 Å². The number of halogens is 3. The Bertz CT molecular complexity index is 917. The number of carbonyl (C=O) groups is 1. The largest absolute Gasteiger partial charge is 0.471 e. The minimum Gasteiger partial charge on any atom is -0.345 e. The molecule has 2 aromatic rings. The van der Waals surface area contributed by atoms with Crippen LogP contribution in [0.4, 0.5) is 13.2 Å². The van der Waals surface area contributed by atoms with Crippen LogP contribution in [0.15, 0.2) is 28.8 Å². The monoisotopic (exact) mass is 422 g/mol. The fourth-order valence-electron chi connectivity index (χ4n) is 4.12. The van der Waals surface area contributed by atoms with E-state index in [1.165, 1.54) is 25.0 Å². The highest BCUT2D eigenvalue weighted by Crippen LogP contribution is 2.39. The highest BCUT2D eigenvalue weighted by molar-refractivity contribution is 5.95. The van der Waals surface area contributed by atoms with E-state index < -0.39 is 12.1 Å². The molecule has 0 bridgehead atoms. The molecule has 1 saturated heterocycles. The number of aromatic nitrogens is 2. The van der Waals surface area contributed by atoms with Crippen LogP contribution in [-0.4, -0.2) is 46.1 Å². The molecule has 2 heterocycles. The summed E-state index contributed by atoms with van der Waals surface area (Å²) < 4.78 is 42.1. The Kier molecular flexibility index (Phi) is 5.12. The second-order valence-corrected chi connectivity index (χ2v) is 9.21. The summed E-state index contributed by atoms with van der Waals surface area (Å²) in [6, 6.07) is 6.17. The molecule has 1 saturated carbocycles. The molecule has 0 spiro atoms. The van der Waals surface area contributed by atoms with Crippen LogP contribution in [0.5, 0.6) is 0 Å². The Hall–Kier alpha value is -2.42. The predicted octanol–water partition coefficient (Wildman–Crippen LogP) is 4.14. The number of benzene rings is 1. The minimum absolute atomic E-state index is 0.166. The van der Waals surface area contributed by atoms with Gasteiger partial charge in [0.05, 0.1) is 5.54 Å². The van der Waals surface area contributed by atoms with E-state index in [1.807, 2.05) is 0 Å². The molecule has 1 aromatic heterocycles. The molecule has 0 unspecified atom stereocenters. The molecule has 30 heavy (non-hydrogen) atoms. The second kappa shape index (κ2) is 7.37. The zero-order valence-electron chi connectivity index (χ0n) is 17.1. The Balaban J connectivity index is 1.39. The van der Waals surface area contributed by atoms with Crippen molar-refractivity contribution in [3.63, 3.8) is 0 Å². The molecule has 1 aliphatic heterocycles. The van der Waals surface area contributed by atoms with Gasteiger partial charge in [0.15, 0.2) is 0 Å². The summed E-state index contributed by atoms with van der Waals surface area (Å²) >= 11 is 0. The molecule has 1 N–H and O–H groups in total. The molecule has 9 heteroatoms. The molecule has 1 aliphatic carbocycles. The molecule has 6 nitrogen and oxygen atoms in total. The summed E-state index contributed by atoms with van der Waals surface area (Å²) in [4.78, 5) is 18.5. The number of carbonyl (C=O) groups excluding carboxylic acids is 1. The molecule has 0 atom stereocenters. The summed E-state index contributed by atoms with van der Waals surface area (Å²) in [5.41, 5.74) is 0.916. The maximum atomic E-state index is 12.7. The minimum atomic E-state index is -4.69. The maximum Gasteiger partial charge on any atom is 0.471 e. The zero-order valence-corrected chi connectivity index (χ0v) is 17.1. The molecular formula is C21H25F3N4O2. The first-order chi connectivity index (χ1) is 14.1. The van der Waals surface area contributed by atoms with Crippen molar-refractivity contribution in [3.05, 3.63) is 35.7 Å². The average molecular weight is 422 g/mol. The van der Waals surface area contributed by atoms with Gasteiger partial charge < -0.3 is 14.7 Å². The van der Waals surface area contributed by atoms with E-state index in [0.717, 1.165) is 32.5 Å². The third kappa shape index (κ3) is 4.66. The lowest BCUT2D eigenvalue weighted by Gasteiger charge is -2.39. The van der Waals surface area contributed by atoms with Gasteiger partial charge >= 0.3 is 12.1 Å². The normalized spacial score (nSPS) is 20.7. The SMILES string of the molecule is CC1(C)CCCN(CC2(NC(=O)c3ccc(-c4noc(C(F)(F)F)n4)cc3)CC2)C1. The molecule has 1 amide bonds. The van der Waals surface area contributed by atoms with Crippen molar-refractivity contribution >= 4 is 5.91 Å². The summed E-state index contributed by atoms with van der Waals surface area (Å²) in [6.07, 6.45) is -0.383. The van der Waals surface area contributed by atoms with E-state index in [0.29, 0.717) is 16.5 Å². The third-order valence-corrected chi connectivity index (χ3v) is 5.81. The van der Waals surface area contributed by atoms with Gasteiger partial charge in [0.1, 0.15) is 0 Å². The van der Waals surface area contributed by atoms with Crippen LogP contribution in [0.3, 0.4) is 0 Å². The Morgan fingerprint density at radius 3 is 2.47 bits per heavy atom. The quantitative estimate of drug-likeness (QED) is 0.784. The molecule has 4 rings (SSSR count). The van der Waals surface area contributed by atoms with Crippen molar-refractivity contribution in [1.29, 1.82) is 0 Å². The highest BCUT2D eigenvalue weighted by atomic mass is 19.4. The van der Waals surface area contributed by atoms with Gasteiger partial charge in [-0.2, -0.15) is 18.2 Å². The highest BCUT2D eigenvalue weighted by Gasteiger charge is 2.46. The van der Waals surface area contributed by atoms with Crippen molar-refractivity contribution in [2.75, 3.05) is 19.6 Å². The van der Waals surface area contributed by atoms with E-state index >= 15 is 0 Å². The fraction of sp³-hybridized carbons (Fsp3) is 0.571. The Morgan fingerprint density at radius 1 is 1.20 bits per heavy atom. The summed E-state index contributed by atoms with van der Waals surface area (Å²) in [6.45, 7) is 7.49. The van der Waals surface area contributed by atoms with Crippen LogP contribution < -0.4 is 5.32 Å².